The first-order valence-corrected chi connectivity index (χ1v) is 7.22. The Balaban J connectivity index is 2.27. The van der Waals surface area contributed by atoms with Gasteiger partial charge in [-0.15, -0.1) is 0 Å². The van der Waals surface area contributed by atoms with Crippen LogP contribution >= 0.6 is 15.9 Å². The standard InChI is InChI=1S/C16H13BrFN3/c1-9-6-7-13(18)11(8-9)15-14(16(19)21-20-15)10-4-2-3-5-12(10)17/h2-8H,1H3,(H3,19,20,21). The summed E-state index contributed by atoms with van der Waals surface area (Å²) in [5.74, 6) is 0.0374. The molecule has 3 aromatic rings. The number of nitrogens with zero attached hydrogens (tertiary/aromatic N) is 1. The lowest BCUT2D eigenvalue weighted by Gasteiger charge is -2.08. The molecule has 0 amide bonds. The highest BCUT2D eigenvalue weighted by atomic mass is 79.9. The van der Waals surface area contributed by atoms with Gasteiger partial charge in [-0.1, -0.05) is 45.8 Å². The number of nitrogens with one attached hydrogen (secondary N) is 1. The van der Waals surface area contributed by atoms with E-state index in [9.17, 15) is 4.39 Å². The van der Waals surface area contributed by atoms with Crippen molar-refractivity contribution in [3.05, 3.63) is 58.3 Å². The van der Waals surface area contributed by atoms with E-state index >= 15 is 0 Å². The lowest BCUT2D eigenvalue weighted by molar-refractivity contribution is 0.630. The maximum absolute atomic E-state index is 14.2. The molecule has 0 aliphatic carbocycles. The van der Waals surface area contributed by atoms with E-state index in [0.29, 0.717) is 22.6 Å². The summed E-state index contributed by atoms with van der Waals surface area (Å²) in [6, 6.07) is 12.6. The molecule has 0 unspecified atom stereocenters. The summed E-state index contributed by atoms with van der Waals surface area (Å²) in [5, 5.41) is 6.89. The predicted octanol–water partition coefficient (Wildman–Crippen LogP) is 4.54. The number of hydrogen-bond donors (Lipinski definition) is 2. The minimum Gasteiger partial charge on any atom is -0.382 e. The van der Waals surface area contributed by atoms with Crippen LogP contribution in [0.25, 0.3) is 22.4 Å². The van der Waals surface area contributed by atoms with Gasteiger partial charge in [0.05, 0.1) is 11.3 Å². The first-order valence-electron chi connectivity index (χ1n) is 6.43. The second kappa shape index (κ2) is 5.33. The number of rotatable bonds is 2. The van der Waals surface area contributed by atoms with Crippen LogP contribution < -0.4 is 5.73 Å². The van der Waals surface area contributed by atoms with Crippen molar-refractivity contribution in [2.45, 2.75) is 6.92 Å². The molecule has 0 spiro atoms. The molecular formula is C16H13BrFN3. The third-order valence-corrected chi connectivity index (χ3v) is 4.02. The number of aromatic nitrogens is 2. The number of anilines is 1. The van der Waals surface area contributed by atoms with E-state index in [0.717, 1.165) is 15.6 Å². The quantitative estimate of drug-likeness (QED) is 0.716. The molecule has 1 heterocycles. The van der Waals surface area contributed by atoms with Crippen molar-refractivity contribution in [3.8, 4) is 22.4 Å². The fourth-order valence-electron chi connectivity index (χ4n) is 2.32. The molecule has 0 saturated heterocycles. The van der Waals surface area contributed by atoms with Gasteiger partial charge in [-0.25, -0.2) is 4.39 Å². The van der Waals surface area contributed by atoms with Crippen LogP contribution in [0, 0.1) is 12.7 Å². The van der Waals surface area contributed by atoms with Crippen molar-refractivity contribution in [2.75, 3.05) is 5.73 Å². The van der Waals surface area contributed by atoms with Crippen LogP contribution in [0.15, 0.2) is 46.9 Å². The van der Waals surface area contributed by atoms with Gasteiger partial charge in [0, 0.05) is 15.6 Å². The number of aryl methyl sites for hydroxylation is 1. The average molecular weight is 346 g/mol. The number of aromatic amines is 1. The average Bonchev–Trinajstić information content (AvgIpc) is 2.84. The molecule has 3 nitrogen and oxygen atoms in total. The number of H-pyrrole nitrogens is 1. The smallest absolute Gasteiger partial charge is 0.153 e. The Bertz CT molecular complexity index is 811. The Hall–Kier alpha value is -2.14. The number of nitrogens with two attached hydrogens (primary N) is 1. The lowest BCUT2D eigenvalue weighted by Crippen LogP contribution is -1.91. The van der Waals surface area contributed by atoms with E-state index < -0.39 is 0 Å². The van der Waals surface area contributed by atoms with Gasteiger partial charge in [0.15, 0.2) is 5.82 Å². The molecule has 0 atom stereocenters. The zero-order valence-electron chi connectivity index (χ0n) is 11.3. The van der Waals surface area contributed by atoms with Crippen LogP contribution in [0.5, 0.6) is 0 Å². The maximum atomic E-state index is 14.2. The van der Waals surface area contributed by atoms with Crippen LogP contribution in [0.4, 0.5) is 10.2 Å². The van der Waals surface area contributed by atoms with Crippen LogP contribution in [-0.2, 0) is 0 Å². The summed E-state index contributed by atoms with van der Waals surface area (Å²) in [4.78, 5) is 0. The van der Waals surface area contributed by atoms with Crippen molar-refractivity contribution in [1.29, 1.82) is 0 Å². The fraction of sp³-hybridized carbons (Fsp3) is 0.0625. The first-order chi connectivity index (χ1) is 10.1. The minimum absolute atomic E-state index is 0.308. The van der Waals surface area contributed by atoms with Gasteiger partial charge in [0.2, 0.25) is 0 Å². The van der Waals surface area contributed by atoms with Crippen LogP contribution in [-0.4, -0.2) is 10.2 Å². The van der Waals surface area contributed by atoms with Gasteiger partial charge >= 0.3 is 0 Å². The van der Waals surface area contributed by atoms with E-state index in [-0.39, 0.29) is 5.82 Å². The summed E-state index contributed by atoms with van der Waals surface area (Å²) >= 11 is 3.50. The highest BCUT2D eigenvalue weighted by Crippen LogP contribution is 2.39. The SMILES string of the molecule is Cc1ccc(F)c(-c2[nH]nc(N)c2-c2ccccc2Br)c1. The van der Waals surface area contributed by atoms with E-state index in [1.54, 1.807) is 12.1 Å². The second-order valence-electron chi connectivity index (χ2n) is 4.82. The molecule has 0 bridgehead atoms. The van der Waals surface area contributed by atoms with Crippen molar-refractivity contribution >= 4 is 21.7 Å². The topological polar surface area (TPSA) is 54.7 Å². The molecule has 0 aliphatic rings. The highest BCUT2D eigenvalue weighted by Gasteiger charge is 2.19. The van der Waals surface area contributed by atoms with Crippen molar-refractivity contribution in [1.82, 2.24) is 10.2 Å². The van der Waals surface area contributed by atoms with Crippen molar-refractivity contribution in [3.63, 3.8) is 0 Å². The Morgan fingerprint density at radius 1 is 1.14 bits per heavy atom. The molecule has 3 N–H and O–H groups in total. The fourth-order valence-corrected chi connectivity index (χ4v) is 2.80. The summed E-state index contributed by atoms with van der Waals surface area (Å²) in [6.45, 7) is 1.92. The van der Waals surface area contributed by atoms with Crippen molar-refractivity contribution < 1.29 is 4.39 Å². The second-order valence-corrected chi connectivity index (χ2v) is 5.68. The Morgan fingerprint density at radius 2 is 1.90 bits per heavy atom. The molecule has 0 radical (unpaired) electrons. The van der Waals surface area contributed by atoms with E-state index in [4.69, 9.17) is 5.73 Å². The molecule has 0 fully saturated rings. The summed E-state index contributed by atoms with van der Waals surface area (Å²) in [5.41, 5.74) is 9.57. The molecular weight excluding hydrogens is 333 g/mol. The van der Waals surface area contributed by atoms with Gasteiger partial charge in [-0.05, 0) is 25.1 Å². The molecule has 21 heavy (non-hydrogen) atoms. The third-order valence-electron chi connectivity index (χ3n) is 3.33. The van der Waals surface area contributed by atoms with Gasteiger partial charge in [-0.3, -0.25) is 5.10 Å². The Labute approximate surface area is 130 Å². The maximum Gasteiger partial charge on any atom is 0.153 e. The van der Waals surface area contributed by atoms with E-state index in [1.165, 1.54) is 6.07 Å². The summed E-state index contributed by atoms with van der Waals surface area (Å²) in [7, 11) is 0. The molecule has 3 rings (SSSR count). The zero-order chi connectivity index (χ0) is 15.0. The molecule has 5 heteroatoms. The van der Waals surface area contributed by atoms with E-state index in [1.807, 2.05) is 31.2 Å². The largest absolute Gasteiger partial charge is 0.382 e. The number of hydrogen-bond acceptors (Lipinski definition) is 2. The molecule has 0 saturated carbocycles. The predicted molar refractivity (Wildman–Crippen MR) is 86.3 cm³/mol. The van der Waals surface area contributed by atoms with Gasteiger partial charge in [-0.2, -0.15) is 5.10 Å². The van der Waals surface area contributed by atoms with Crippen LogP contribution in [0.2, 0.25) is 0 Å². The van der Waals surface area contributed by atoms with Gasteiger partial charge < -0.3 is 5.73 Å². The summed E-state index contributed by atoms with van der Waals surface area (Å²) < 4.78 is 15.0. The first kappa shape index (κ1) is 13.8. The van der Waals surface area contributed by atoms with Gasteiger partial charge in [0.25, 0.3) is 0 Å². The molecule has 1 aromatic heterocycles. The highest BCUT2D eigenvalue weighted by molar-refractivity contribution is 9.10. The minimum atomic E-state index is -0.308. The normalized spacial score (nSPS) is 10.8. The monoisotopic (exact) mass is 345 g/mol. The zero-order valence-corrected chi connectivity index (χ0v) is 12.9. The Morgan fingerprint density at radius 3 is 2.67 bits per heavy atom. The van der Waals surface area contributed by atoms with Crippen LogP contribution in [0.1, 0.15) is 5.56 Å². The lowest BCUT2D eigenvalue weighted by atomic mass is 9.99. The third kappa shape index (κ3) is 2.45. The van der Waals surface area contributed by atoms with Gasteiger partial charge in [0.1, 0.15) is 5.82 Å². The van der Waals surface area contributed by atoms with Crippen molar-refractivity contribution in [2.24, 2.45) is 0 Å². The van der Waals surface area contributed by atoms with Crippen LogP contribution in [0.3, 0.4) is 0 Å². The van der Waals surface area contributed by atoms with E-state index in [2.05, 4.69) is 26.1 Å². The molecule has 106 valence electrons. The number of nitrogen functional groups attached to an aromatic ring is 1. The number of benzene rings is 2. The molecule has 0 aliphatic heterocycles. The summed E-state index contributed by atoms with van der Waals surface area (Å²) in [6.07, 6.45) is 0. The number of halogens is 2. The Kier molecular flexibility index (Phi) is 3.51. The molecule has 2 aromatic carbocycles.